The van der Waals surface area contributed by atoms with Crippen LogP contribution in [0.3, 0.4) is 0 Å². The summed E-state index contributed by atoms with van der Waals surface area (Å²) in [7, 11) is -2.01. The molecule has 0 bridgehead atoms. The van der Waals surface area contributed by atoms with Crippen LogP contribution in [0.1, 0.15) is 12.0 Å². The highest BCUT2D eigenvalue weighted by Gasteiger charge is 2.17. The molecule has 0 aliphatic rings. The Morgan fingerprint density at radius 1 is 1.17 bits per heavy atom. The second-order valence-electron chi connectivity index (χ2n) is 5.28. The zero-order chi connectivity index (χ0) is 17.7. The number of benzene rings is 2. The van der Waals surface area contributed by atoms with Gasteiger partial charge in [-0.25, -0.2) is 8.42 Å². The smallest absolute Gasteiger partial charge is 0.225 e. The van der Waals surface area contributed by atoms with E-state index in [0.29, 0.717) is 11.4 Å². The summed E-state index contributed by atoms with van der Waals surface area (Å²) in [5.74, 6) is -0.0261. The van der Waals surface area contributed by atoms with Crippen LogP contribution in [0.4, 0.5) is 5.69 Å². The number of hydrogen-bond acceptors (Lipinski definition) is 4. The minimum atomic E-state index is -3.52. The van der Waals surface area contributed by atoms with E-state index in [2.05, 4.69) is 21.2 Å². The molecule has 2 aromatic rings. The highest BCUT2D eigenvalue weighted by Crippen LogP contribution is 2.23. The van der Waals surface area contributed by atoms with Crippen LogP contribution in [-0.2, 0) is 14.6 Å². The molecule has 0 heterocycles. The Balaban J connectivity index is 1.99. The van der Waals surface area contributed by atoms with E-state index >= 15 is 0 Å². The van der Waals surface area contributed by atoms with Crippen LogP contribution in [0.2, 0.25) is 0 Å². The van der Waals surface area contributed by atoms with Crippen molar-refractivity contribution < 1.29 is 17.9 Å². The zero-order valence-corrected chi connectivity index (χ0v) is 15.8. The van der Waals surface area contributed by atoms with E-state index < -0.39 is 9.84 Å². The highest BCUT2D eigenvalue weighted by atomic mass is 79.9. The maximum absolute atomic E-state index is 12.3. The van der Waals surface area contributed by atoms with Gasteiger partial charge in [0.15, 0.2) is 9.84 Å². The van der Waals surface area contributed by atoms with E-state index in [4.69, 9.17) is 4.74 Å². The number of carbonyl (C=O) groups is 1. The van der Waals surface area contributed by atoms with Crippen LogP contribution < -0.4 is 10.1 Å². The van der Waals surface area contributed by atoms with Crippen molar-refractivity contribution in [1.29, 1.82) is 0 Å². The van der Waals surface area contributed by atoms with Gasteiger partial charge in [0, 0.05) is 10.9 Å². The fourth-order valence-electron chi connectivity index (χ4n) is 2.06. The number of rotatable bonds is 6. The standard InChI is InChI=1S/C17H18BrNO4S/c1-12-3-8-16(15(18)11-12)19-17(20)9-10-24(21,22)14-6-4-13(23-2)5-7-14/h3-8,11H,9-10H2,1-2H3,(H,19,20). The number of carbonyl (C=O) groups excluding carboxylic acids is 1. The molecule has 0 spiro atoms. The van der Waals surface area contributed by atoms with E-state index in [-0.39, 0.29) is 23.0 Å². The molecule has 1 N–H and O–H groups in total. The molecule has 0 radical (unpaired) electrons. The van der Waals surface area contributed by atoms with E-state index in [1.54, 1.807) is 18.2 Å². The zero-order valence-electron chi connectivity index (χ0n) is 13.4. The van der Waals surface area contributed by atoms with E-state index in [9.17, 15) is 13.2 Å². The number of anilines is 1. The van der Waals surface area contributed by atoms with Crippen molar-refractivity contribution in [1.82, 2.24) is 0 Å². The maximum atomic E-state index is 12.3. The molecule has 128 valence electrons. The Hall–Kier alpha value is -1.86. The number of sulfone groups is 1. The van der Waals surface area contributed by atoms with Gasteiger partial charge in [-0.3, -0.25) is 4.79 Å². The molecule has 2 rings (SSSR count). The first kappa shape index (κ1) is 18.5. The fraction of sp³-hybridized carbons (Fsp3) is 0.235. The van der Waals surface area contributed by atoms with Crippen molar-refractivity contribution in [2.24, 2.45) is 0 Å². The molecule has 0 atom stereocenters. The summed E-state index contributed by atoms with van der Waals surface area (Å²) in [6.45, 7) is 1.94. The summed E-state index contributed by atoms with van der Waals surface area (Å²) >= 11 is 3.37. The molecule has 0 saturated heterocycles. The van der Waals surface area contributed by atoms with E-state index in [0.717, 1.165) is 10.0 Å². The number of amides is 1. The van der Waals surface area contributed by atoms with Gasteiger partial charge in [-0.15, -0.1) is 0 Å². The van der Waals surface area contributed by atoms with Crippen molar-refractivity contribution in [3.05, 3.63) is 52.5 Å². The molecule has 24 heavy (non-hydrogen) atoms. The predicted octanol–water partition coefficient (Wildman–Crippen LogP) is 3.57. The lowest BCUT2D eigenvalue weighted by atomic mass is 10.2. The van der Waals surface area contributed by atoms with Crippen molar-refractivity contribution in [3.8, 4) is 5.75 Å². The Morgan fingerprint density at radius 2 is 1.83 bits per heavy atom. The van der Waals surface area contributed by atoms with Gasteiger partial charge in [-0.2, -0.15) is 0 Å². The maximum Gasteiger partial charge on any atom is 0.225 e. The summed E-state index contributed by atoms with van der Waals surface area (Å²) in [5, 5.41) is 2.71. The van der Waals surface area contributed by atoms with Crippen LogP contribution in [0.25, 0.3) is 0 Å². The summed E-state index contributed by atoms with van der Waals surface area (Å²) < 4.78 is 30.3. The summed E-state index contributed by atoms with van der Waals surface area (Å²) in [5.41, 5.74) is 1.68. The minimum absolute atomic E-state index is 0.116. The first-order valence-electron chi connectivity index (χ1n) is 7.24. The molecule has 0 aromatic heterocycles. The normalized spacial score (nSPS) is 11.1. The van der Waals surface area contributed by atoms with E-state index in [1.165, 1.54) is 19.2 Å². The van der Waals surface area contributed by atoms with Crippen LogP contribution in [0, 0.1) is 6.92 Å². The third-order valence-corrected chi connectivity index (χ3v) is 5.80. The third-order valence-electron chi connectivity index (χ3n) is 3.42. The van der Waals surface area contributed by atoms with Crippen molar-refractivity contribution in [3.63, 3.8) is 0 Å². The SMILES string of the molecule is COc1ccc(S(=O)(=O)CCC(=O)Nc2ccc(C)cc2Br)cc1. The second-order valence-corrected chi connectivity index (χ2v) is 8.24. The van der Waals surface area contributed by atoms with Crippen molar-refractivity contribution >= 4 is 37.4 Å². The second kappa shape index (κ2) is 7.81. The van der Waals surface area contributed by atoms with Crippen molar-refractivity contribution in [2.75, 3.05) is 18.2 Å². The van der Waals surface area contributed by atoms with Crippen molar-refractivity contribution in [2.45, 2.75) is 18.2 Å². The van der Waals surface area contributed by atoms with Gasteiger partial charge in [-0.05, 0) is 64.8 Å². The summed E-state index contributed by atoms with van der Waals surface area (Å²) in [4.78, 5) is 12.2. The lowest BCUT2D eigenvalue weighted by molar-refractivity contribution is -0.115. The molecule has 5 nitrogen and oxygen atoms in total. The minimum Gasteiger partial charge on any atom is -0.497 e. The Labute approximate surface area is 150 Å². The molecule has 0 aliphatic heterocycles. The monoisotopic (exact) mass is 411 g/mol. The molecule has 1 amide bonds. The first-order valence-corrected chi connectivity index (χ1v) is 9.69. The lowest BCUT2D eigenvalue weighted by Crippen LogP contribution is -2.17. The van der Waals surface area contributed by atoms with Gasteiger partial charge in [-0.1, -0.05) is 6.07 Å². The molecule has 0 fully saturated rings. The van der Waals surface area contributed by atoms with Gasteiger partial charge in [0.1, 0.15) is 5.75 Å². The molecule has 0 aliphatic carbocycles. The molecular weight excluding hydrogens is 394 g/mol. The largest absolute Gasteiger partial charge is 0.497 e. The number of methoxy groups -OCH3 is 1. The first-order chi connectivity index (χ1) is 11.3. The lowest BCUT2D eigenvalue weighted by Gasteiger charge is -2.09. The molecule has 2 aromatic carbocycles. The van der Waals surface area contributed by atoms with Gasteiger partial charge in [0.05, 0.1) is 23.4 Å². The van der Waals surface area contributed by atoms with Gasteiger partial charge < -0.3 is 10.1 Å². The number of aryl methyl sites for hydroxylation is 1. The number of ether oxygens (including phenoxy) is 1. The Bertz CT molecular complexity index is 832. The summed E-state index contributed by atoms with van der Waals surface area (Å²) in [6.07, 6.45) is -0.116. The molecule has 0 saturated carbocycles. The molecular formula is C17H18BrNO4S. The Morgan fingerprint density at radius 3 is 2.42 bits per heavy atom. The number of halogens is 1. The number of nitrogens with one attached hydrogen (secondary N) is 1. The molecule has 7 heteroatoms. The average Bonchev–Trinajstić information content (AvgIpc) is 2.56. The third kappa shape index (κ3) is 4.82. The van der Waals surface area contributed by atoms with Crippen LogP contribution in [-0.4, -0.2) is 27.2 Å². The van der Waals surface area contributed by atoms with E-state index in [1.807, 2.05) is 19.1 Å². The van der Waals surface area contributed by atoms with Crippen LogP contribution in [0.15, 0.2) is 51.8 Å². The van der Waals surface area contributed by atoms with Gasteiger partial charge in [0.25, 0.3) is 0 Å². The Kier molecular flexibility index (Phi) is 6.01. The number of hydrogen-bond donors (Lipinski definition) is 1. The van der Waals surface area contributed by atoms with Crippen LogP contribution >= 0.6 is 15.9 Å². The quantitative estimate of drug-likeness (QED) is 0.788. The van der Waals surface area contributed by atoms with Gasteiger partial charge in [0.2, 0.25) is 5.91 Å². The average molecular weight is 412 g/mol. The van der Waals surface area contributed by atoms with Crippen LogP contribution in [0.5, 0.6) is 5.75 Å². The predicted molar refractivity (Wildman–Crippen MR) is 97.2 cm³/mol. The topological polar surface area (TPSA) is 72.5 Å². The highest BCUT2D eigenvalue weighted by molar-refractivity contribution is 9.10. The summed E-state index contributed by atoms with van der Waals surface area (Å²) in [6, 6.07) is 11.6. The molecule has 0 unspecified atom stereocenters. The fourth-order valence-corrected chi connectivity index (χ4v) is 3.90. The van der Waals surface area contributed by atoms with Gasteiger partial charge >= 0.3 is 0 Å².